The summed E-state index contributed by atoms with van der Waals surface area (Å²) in [4.78, 5) is 14.8. The number of hydrogen-bond donors (Lipinski definition) is 3. The molecule has 0 radical (unpaired) electrons. The number of rotatable bonds is 7. The molecule has 0 bridgehead atoms. The van der Waals surface area contributed by atoms with E-state index in [0.29, 0.717) is 23.4 Å². The number of hydrazine groups is 1. The third kappa shape index (κ3) is 5.11. The Bertz CT molecular complexity index is 1020. The second-order valence-electron chi connectivity index (χ2n) is 5.87. The van der Waals surface area contributed by atoms with E-state index in [1.807, 2.05) is 24.3 Å². The molecule has 11 heteroatoms. The summed E-state index contributed by atoms with van der Waals surface area (Å²) < 4.78 is 2.71. The molecule has 2 aromatic heterocycles. The first kappa shape index (κ1) is 19.5. The Kier molecular flexibility index (Phi) is 5.96. The van der Waals surface area contributed by atoms with Crippen molar-refractivity contribution in [2.24, 2.45) is 16.7 Å². The molecule has 0 unspecified atom stereocenters. The lowest BCUT2D eigenvalue weighted by Crippen LogP contribution is -2.34. The molecule has 0 atom stereocenters. The molecule has 0 aliphatic carbocycles. The van der Waals surface area contributed by atoms with Crippen LogP contribution in [0, 0.1) is 0 Å². The lowest BCUT2D eigenvalue weighted by Gasteiger charge is -2.10. The normalized spacial score (nSPS) is 11.4. The van der Waals surface area contributed by atoms with Crippen molar-refractivity contribution in [3.05, 3.63) is 64.5 Å². The summed E-state index contributed by atoms with van der Waals surface area (Å²) in [6, 6.07) is 9.65. The maximum absolute atomic E-state index is 10.7. The van der Waals surface area contributed by atoms with Crippen LogP contribution in [0.5, 0.6) is 0 Å². The van der Waals surface area contributed by atoms with Crippen LogP contribution in [0.4, 0.5) is 0 Å². The topological polar surface area (TPSA) is 149 Å². The number of aliphatic carboxylic acids is 1. The van der Waals surface area contributed by atoms with Gasteiger partial charge < -0.3 is 10.8 Å². The Labute approximate surface area is 168 Å². The molecule has 0 spiro atoms. The minimum atomic E-state index is -1.12. The van der Waals surface area contributed by atoms with E-state index in [1.165, 1.54) is 6.20 Å². The van der Waals surface area contributed by atoms with E-state index >= 15 is 0 Å². The van der Waals surface area contributed by atoms with Gasteiger partial charge in [-0.3, -0.25) is 9.78 Å². The van der Waals surface area contributed by atoms with Gasteiger partial charge >= 0.3 is 5.97 Å². The molecule has 0 aliphatic heterocycles. The van der Waals surface area contributed by atoms with Gasteiger partial charge in [0.05, 0.1) is 12.7 Å². The fourth-order valence-corrected chi connectivity index (χ4v) is 2.87. The summed E-state index contributed by atoms with van der Waals surface area (Å²) >= 11 is 3.45. The zero-order valence-electron chi connectivity index (χ0n) is 14.6. The summed E-state index contributed by atoms with van der Waals surface area (Å²) in [7, 11) is 0. The molecule has 28 heavy (non-hydrogen) atoms. The van der Waals surface area contributed by atoms with Gasteiger partial charge in [0, 0.05) is 28.0 Å². The first-order valence-corrected chi connectivity index (χ1v) is 8.88. The number of carboxylic acid groups (broad SMARTS) is 1. The monoisotopic (exact) mass is 444 g/mol. The Hall–Kier alpha value is -3.31. The minimum absolute atomic E-state index is 0.0413. The molecule has 3 aromatic rings. The third-order valence-electron chi connectivity index (χ3n) is 3.64. The summed E-state index contributed by atoms with van der Waals surface area (Å²) in [5.74, 6) is 4.41. The summed E-state index contributed by atoms with van der Waals surface area (Å²) in [5.41, 5.74) is 8.77. The van der Waals surface area contributed by atoms with Crippen LogP contribution in [-0.4, -0.2) is 48.6 Å². The molecule has 0 aliphatic rings. The van der Waals surface area contributed by atoms with Crippen LogP contribution in [0.2, 0.25) is 0 Å². The number of hydrogen-bond acceptors (Lipinski definition) is 7. The first-order valence-electron chi connectivity index (χ1n) is 8.09. The zero-order chi connectivity index (χ0) is 20.1. The summed E-state index contributed by atoms with van der Waals surface area (Å²) in [5, 5.41) is 21.6. The zero-order valence-corrected chi connectivity index (χ0v) is 16.2. The van der Waals surface area contributed by atoms with Crippen molar-refractivity contribution in [3.8, 4) is 11.3 Å². The molecule has 3 rings (SSSR count). The van der Waals surface area contributed by atoms with Crippen molar-refractivity contribution in [1.82, 2.24) is 25.1 Å². The number of nitrogens with two attached hydrogens (primary N) is 2. The number of amidine groups is 1. The average molecular weight is 445 g/mol. The second kappa shape index (κ2) is 8.59. The van der Waals surface area contributed by atoms with E-state index in [1.54, 1.807) is 23.1 Å². The highest BCUT2D eigenvalue weighted by Gasteiger charge is 2.09. The van der Waals surface area contributed by atoms with Crippen LogP contribution in [0.3, 0.4) is 0 Å². The Morgan fingerprint density at radius 3 is 2.89 bits per heavy atom. The average Bonchev–Trinajstić information content (AvgIpc) is 3.09. The highest BCUT2D eigenvalue weighted by atomic mass is 79.9. The van der Waals surface area contributed by atoms with Crippen LogP contribution in [-0.2, 0) is 11.3 Å². The predicted molar refractivity (Wildman–Crippen MR) is 106 cm³/mol. The van der Waals surface area contributed by atoms with E-state index in [2.05, 4.69) is 36.3 Å². The number of hydrazone groups is 1. The Morgan fingerprint density at radius 2 is 2.14 bits per heavy atom. The molecule has 1 aromatic carbocycles. The number of halogens is 1. The maximum Gasteiger partial charge on any atom is 0.326 e. The standard InChI is InChI=1S/C17H17BrN8O2/c18-14-3-1-2-11(4-14)8-25-9-15(22-24-25)12-5-13(7-21-6-12)17(19)23-26(20)10-16(27)28/h1-7,9H,8,10,20H2,(H2,19,23)(H,27,28). The van der Waals surface area contributed by atoms with Crippen molar-refractivity contribution >= 4 is 27.7 Å². The van der Waals surface area contributed by atoms with E-state index in [0.717, 1.165) is 15.2 Å². The van der Waals surface area contributed by atoms with Crippen molar-refractivity contribution in [2.75, 3.05) is 6.54 Å². The van der Waals surface area contributed by atoms with Gasteiger partial charge in [0.1, 0.15) is 5.69 Å². The van der Waals surface area contributed by atoms with Gasteiger partial charge in [-0.2, -0.15) is 0 Å². The largest absolute Gasteiger partial charge is 0.480 e. The van der Waals surface area contributed by atoms with E-state index < -0.39 is 12.5 Å². The van der Waals surface area contributed by atoms with Gasteiger partial charge in [-0.15, -0.1) is 10.2 Å². The summed E-state index contributed by atoms with van der Waals surface area (Å²) in [6.07, 6.45) is 4.93. The van der Waals surface area contributed by atoms with E-state index in [-0.39, 0.29) is 5.84 Å². The predicted octanol–water partition coefficient (Wildman–Crippen LogP) is 1.03. The van der Waals surface area contributed by atoms with Crippen LogP contribution >= 0.6 is 15.9 Å². The van der Waals surface area contributed by atoms with Gasteiger partial charge in [0.15, 0.2) is 12.4 Å². The molecule has 144 valence electrons. The number of nitrogens with zero attached hydrogens (tertiary/aromatic N) is 6. The smallest absolute Gasteiger partial charge is 0.326 e. The third-order valence-corrected chi connectivity index (χ3v) is 4.13. The SMILES string of the molecule is N/C(=N\N(N)CC(=O)O)c1cncc(-c2cn(Cc3cccc(Br)c3)nn2)c1. The van der Waals surface area contributed by atoms with Crippen molar-refractivity contribution in [1.29, 1.82) is 0 Å². The molecule has 0 fully saturated rings. The molecule has 0 saturated carbocycles. The molecule has 5 N–H and O–H groups in total. The quantitative estimate of drug-likeness (QED) is 0.211. The Balaban J connectivity index is 1.78. The number of benzene rings is 1. The summed E-state index contributed by atoms with van der Waals surface area (Å²) in [6.45, 7) is 0.0955. The van der Waals surface area contributed by atoms with E-state index in [9.17, 15) is 4.79 Å². The lowest BCUT2D eigenvalue weighted by molar-refractivity contribution is -0.138. The Morgan fingerprint density at radius 1 is 1.32 bits per heavy atom. The number of pyridine rings is 1. The van der Waals surface area contributed by atoms with Gasteiger partial charge in [-0.1, -0.05) is 33.3 Å². The molecule has 0 saturated heterocycles. The highest BCUT2D eigenvalue weighted by molar-refractivity contribution is 9.10. The second-order valence-corrected chi connectivity index (χ2v) is 6.79. The van der Waals surface area contributed by atoms with Crippen LogP contribution in [0.25, 0.3) is 11.3 Å². The van der Waals surface area contributed by atoms with Gasteiger partial charge in [-0.25, -0.2) is 15.6 Å². The minimum Gasteiger partial charge on any atom is -0.480 e. The lowest BCUT2D eigenvalue weighted by atomic mass is 10.1. The van der Waals surface area contributed by atoms with Crippen LogP contribution in [0.15, 0.2) is 58.5 Å². The first-order chi connectivity index (χ1) is 13.4. The molecule has 2 heterocycles. The fourth-order valence-electron chi connectivity index (χ4n) is 2.42. The number of aromatic nitrogens is 4. The van der Waals surface area contributed by atoms with Gasteiger partial charge in [-0.05, 0) is 23.8 Å². The van der Waals surface area contributed by atoms with Crippen LogP contribution in [0.1, 0.15) is 11.1 Å². The van der Waals surface area contributed by atoms with Gasteiger partial charge in [0.25, 0.3) is 0 Å². The van der Waals surface area contributed by atoms with Crippen molar-refractivity contribution in [2.45, 2.75) is 6.54 Å². The molecular formula is C17H17BrN8O2. The maximum atomic E-state index is 10.7. The van der Waals surface area contributed by atoms with Crippen molar-refractivity contribution < 1.29 is 9.90 Å². The number of carboxylic acids is 1. The highest BCUT2D eigenvalue weighted by Crippen LogP contribution is 2.18. The molecule has 10 nitrogen and oxygen atoms in total. The molecule has 0 amide bonds. The van der Waals surface area contributed by atoms with Crippen molar-refractivity contribution in [3.63, 3.8) is 0 Å². The number of carbonyl (C=O) groups is 1. The fraction of sp³-hybridized carbons (Fsp3) is 0.118. The van der Waals surface area contributed by atoms with Gasteiger partial charge in [0.2, 0.25) is 0 Å². The molecular weight excluding hydrogens is 428 g/mol. The van der Waals surface area contributed by atoms with E-state index in [4.69, 9.17) is 16.7 Å². The van der Waals surface area contributed by atoms with Crippen LogP contribution < -0.4 is 11.6 Å².